The number of benzene rings is 2. The molecule has 0 aliphatic carbocycles. The monoisotopic (exact) mass is 362 g/mol. The van der Waals surface area contributed by atoms with Gasteiger partial charge in [0.2, 0.25) is 0 Å². The fourth-order valence-corrected chi connectivity index (χ4v) is 3.28. The molecule has 2 N–H and O–H groups in total. The lowest BCUT2D eigenvalue weighted by Gasteiger charge is -2.14. The molecule has 0 heterocycles. The zero-order valence-electron chi connectivity index (χ0n) is 14.4. The first kappa shape index (κ1) is 18.8. The number of ether oxygens (including phenoxy) is 1. The van der Waals surface area contributed by atoms with Gasteiger partial charge in [-0.2, -0.15) is 0 Å². The molecule has 0 radical (unpaired) electrons. The van der Waals surface area contributed by atoms with Crippen molar-refractivity contribution in [2.75, 3.05) is 11.3 Å². The molecule has 6 nitrogen and oxygen atoms in total. The van der Waals surface area contributed by atoms with Crippen LogP contribution in [0.15, 0.2) is 53.4 Å². The van der Waals surface area contributed by atoms with Crippen molar-refractivity contribution in [1.29, 1.82) is 0 Å². The molecule has 25 heavy (non-hydrogen) atoms. The first-order valence-electron chi connectivity index (χ1n) is 7.99. The topological polar surface area (TPSA) is 84.5 Å². The van der Waals surface area contributed by atoms with Crippen LogP contribution in [0.25, 0.3) is 0 Å². The van der Waals surface area contributed by atoms with E-state index in [2.05, 4.69) is 10.0 Å². The first-order chi connectivity index (χ1) is 11.8. The Morgan fingerprint density at radius 3 is 2.32 bits per heavy atom. The van der Waals surface area contributed by atoms with E-state index in [-0.39, 0.29) is 28.1 Å². The van der Waals surface area contributed by atoms with E-state index in [4.69, 9.17) is 4.74 Å². The summed E-state index contributed by atoms with van der Waals surface area (Å²) < 4.78 is 33.0. The SMILES string of the molecule is CCOc1ccc(S(=O)(=O)Nc2ccccc2C(=O)NC(C)C)cc1. The van der Waals surface area contributed by atoms with Gasteiger partial charge in [0.1, 0.15) is 5.75 Å². The average molecular weight is 362 g/mol. The number of hydrogen-bond donors (Lipinski definition) is 2. The number of para-hydroxylation sites is 1. The van der Waals surface area contributed by atoms with Crippen LogP contribution in [0.4, 0.5) is 5.69 Å². The Balaban J connectivity index is 2.27. The largest absolute Gasteiger partial charge is 0.494 e. The lowest BCUT2D eigenvalue weighted by molar-refractivity contribution is 0.0944. The highest BCUT2D eigenvalue weighted by atomic mass is 32.2. The minimum absolute atomic E-state index is 0.0525. The van der Waals surface area contributed by atoms with Crippen LogP contribution in [-0.4, -0.2) is 27.0 Å². The maximum Gasteiger partial charge on any atom is 0.261 e. The molecule has 0 unspecified atom stereocenters. The number of rotatable bonds is 7. The molecule has 0 atom stereocenters. The summed E-state index contributed by atoms with van der Waals surface area (Å²) in [6.45, 7) is 6.03. The number of carbonyl (C=O) groups is 1. The van der Waals surface area contributed by atoms with Crippen LogP contribution >= 0.6 is 0 Å². The van der Waals surface area contributed by atoms with Gasteiger partial charge in [-0.25, -0.2) is 8.42 Å². The van der Waals surface area contributed by atoms with Gasteiger partial charge in [0.15, 0.2) is 0 Å². The summed E-state index contributed by atoms with van der Waals surface area (Å²) in [4.78, 5) is 12.3. The van der Waals surface area contributed by atoms with Gasteiger partial charge in [0.25, 0.3) is 15.9 Å². The number of hydrogen-bond acceptors (Lipinski definition) is 4. The lowest BCUT2D eigenvalue weighted by Crippen LogP contribution is -2.31. The lowest BCUT2D eigenvalue weighted by atomic mass is 10.1. The van der Waals surface area contributed by atoms with Crippen LogP contribution < -0.4 is 14.8 Å². The summed E-state index contributed by atoms with van der Waals surface area (Å²) >= 11 is 0. The minimum Gasteiger partial charge on any atom is -0.494 e. The Bertz CT molecular complexity index is 830. The molecule has 0 fully saturated rings. The molecule has 0 bridgehead atoms. The van der Waals surface area contributed by atoms with E-state index in [0.29, 0.717) is 12.4 Å². The van der Waals surface area contributed by atoms with Crippen LogP contribution in [0.5, 0.6) is 5.75 Å². The molecule has 2 aromatic rings. The third kappa shape index (κ3) is 4.96. The summed E-state index contributed by atoms with van der Waals surface area (Å²) in [6.07, 6.45) is 0. The predicted molar refractivity (Wildman–Crippen MR) is 97.5 cm³/mol. The van der Waals surface area contributed by atoms with Crippen molar-refractivity contribution >= 4 is 21.6 Å². The van der Waals surface area contributed by atoms with E-state index in [1.165, 1.54) is 12.1 Å². The third-order valence-electron chi connectivity index (χ3n) is 3.28. The van der Waals surface area contributed by atoms with E-state index >= 15 is 0 Å². The van der Waals surface area contributed by atoms with Gasteiger partial charge in [0.05, 0.1) is 22.8 Å². The van der Waals surface area contributed by atoms with Gasteiger partial charge in [-0.15, -0.1) is 0 Å². The van der Waals surface area contributed by atoms with E-state index in [0.717, 1.165) is 0 Å². The minimum atomic E-state index is -3.82. The number of amides is 1. The van der Waals surface area contributed by atoms with E-state index in [1.54, 1.807) is 36.4 Å². The van der Waals surface area contributed by atoms with Crippen LogP contribution in [0.2, 0.25) is 0 Å². The van der Waals surface area contributed by atoms with Crippen molar-refractivity contribution in [2.45, 2.75) is 31.7 Å². The molecule has 2 aromatic carbocycles. The number of carbonyl (C=O) groups excluding carboxylic acids is 1. The Morgan fingerprint density at radius 2 is 1.72 bits per heavy atom. The van der Waals surface area contributed by atoms with Gasteiger partial charge >= 0.3 is 0 Å². The molecule has 2 rings (SSSR count). The average Bonchev–Trinajstić information content (AvgIpc) is 2.55. The first-order valence-corrected chi connectivity index (χ1v) is 9.47. The van der Waals surface area contributed by atoms with Gasteiger partial charge in [0, 0.05) is 6.04 Å². The van der Waals surface area contributed by atoms with Crippen LogP contribution in [0, 0.1) is 0 Å². The van der Waals surface area contributed by atoms with Gasteiger partial charge < -0.3 is 10.1 Å². The summed E-state index contributed by atoms with van der Waals surface area (Å²) in [5, 5.41) is 2.76. The normalized spacial score (nSPS) is 11.2. The molecule has 0 spiro atoms. The van der Waals surface area contributed by atoms with E-state index in [1.807, 2.05) is 20.8 Å². The third-order valence-corrected chi connectivity index (χ3v) is 4.66. The fraction of sp³-hybridized carbons (Fsp3) is 0.278. The number of anilines is 1. The van der Waals surface area contributed by atoms with Gasteiger partial charge in [-0.05, 0) is 57.2 Å². The highest BCUT2D eigenvalue weighted by Gasteiger charge is 2.19. The summed E-state index contributed by atoms with van der Waals surface area (Å²) in [7, 11) is -3.82. The standard InChI is InChI=1S/C18H22N2O4S/c1-4-24-14-9-11-15(12-10-14)25(22,23)20-17-8-6-5-7-16(17)18(21)19-13(2)3/h5-13,20H,4H2,1-3H3,(H,19,21). The van der Waals surface area contributed by atoms with Crippen LogP contribution in [-0.2, 0) is 10.0 Å². The highest BCUT2D eigenvalue weighted by Crippen LogP contribution is 2.22. The Hall–Kier alpha value is -2.54. The molecule has 0 saturated carbocycles. The predicted octanol–water partition coefficient (Wildman–Crippen LogP) is 3.02. The molecule has 0 aromatic heterocycles. The van der Waals surface area contributed by atoms with Gasteiger partial charge in [-0.3, -0.25) is 9.52 Å². The quantitative estimate of drug-likeness (QED) is 0.793. The molecule has 0 aliphatic rings. The van der Waals surface area contributed by atoms with Crippen LogP contribution in [0.3, 0.4) is 0 Å². The van der Waals surface area contributed by atoms with Crippen molar-refractivity contribution in [3.8, 4) is 5.75 Å². The Labute approximate surface area is 148 Å². The number of sulfonamides is 1. The molecule has 0 saturated heterocycles. The molecule has 134 valence electrons. The second-order valence-corrected chi connectivity index (χ2v) is 7.37. The zero-order valence-corrected chi connectivity index (χ0v) is 15.3. The van der Waals surface area contributed by atoms with E-state index in [9.17, 15) is 13.2 Å². The second-order valence-electron chi connectivity index (χ2n) is 5.68. The highest BCUT2D eigenvalue weighted by molar-refractivity contribution is 7.92. The molecular weight excluding hydrogens is 340 g/mol. The molecular formula is C18H22N2O4S. The van der Waals surface area contributed by atoms with Gasteiger partial charge in [-0.1, -0.05) is 12.1 Å². The number of nitrogens with one attached hydrogen (secondary N) is 2. The Morgan fingerprint density at radius 1 is 1.08 bits per heavy atom. The zero-order chi connectivity index (χ0) is 18.4. The smallest absolute Gasteiger partial charge is 0.261 e. The van der Waals surface area contributed by atoms with Crippen molar-refractivity contribution in [2.24, 2.45) is 0 Å². The maximum atomic E-state index is 12.6. The van der Waals surface area contributed by atoms with E-state index < -0.39 is 10.0 Å². The molecule has 1 amide bonds. The van der Waals surface area contributed by atoms with Crippen molar-refractivity contribution in [3.63, 3.8) is 0 Å². The van der Waals surface area contributed by atoms with Crippen molar-refractivity contribution in [1.82, 2.24) is 5.32 Å². The summed E-state index contributed by atoms with van der Waals surface area (Å²) in [6, 6.07) is 12.5. The molecule has 7 heteroatoms. The molecule has 0 aliphatic heterocycles. The maximum absolute atomic E-state index is 12.6. The summed E-state index contributed by atoms with van der Waals surface area (Å²) in [5.41, 5.74) is 0.500. The summed E-state index contributed by atoms with van der Waals surface area (Å²) in [5.74, 6) is 0.262. The Kier molecular flexibility index (Phi) is 6.03. The van der Waals surface area contributed by atoms with Crippen molar-refractivity contribution < 1.29 is 17.9 Å². The fourth-order valence-electron chi connectivity index (χ4n) is 2.20. The second kappa shape index (κ2) is 8.02. The van der Waals surface area contributed by atoms with Crippen LogP contribution in [0.1, 0.15) is 31.1 Å². The van der Waals surface area contributed by atoms with Crippen molar-refractivity contribution in [3.05, 3.63) is 54.1 Å².